The first-order valence-electron chi connectivity index (χ1n) is 7.65. The predicted molar refractivity (Wildman–Crippen MR) is 102 cm³/mol. The topological polar surface area (TPSA) is 41.9 Å². The van der Waals surface area contributed by atoms with E-state index in [1.807, 2.05) is 30.5 Å². The number of halogens is 2. The highest BCUT2D eigenvalue weighted by Crippen LogP contribution is 2.10. The van der Waals surface area contributed by atoms with E-state index in [2.05, 4.69) is 15.7 Å². The molecule has 3 aromatic rings. The Morgan fingerprint density at radius 2 is 1.76 bits per heavy atom. The van der Waals surface area contributed by atoms with E-state index in [4.69, 9.17) is 23.8 Å². The maximum atomic E-state index is 12.9. The second-order valence-corrected chi connectivity index (χ2v) is 6.33. The van der Waals surface area contributed by atoms with Crippen molar-refractivity contribution in [1.29, 1.82) is 0 Å². The highest BCUT2D eigenvalue weighted by molar-refractivity contribution is 7.80. The third-order valence-corrected chi connectivity index (χ3v) is 4.01. The van der Waals surface area contributed by atoms with Gasteiger partial charge in [0.05, 0.1) is 18.4 Å². The largest absolute Gasteiger partial charge is 0.358 e. The Morgan fingerprint density at radius 3 is 2.48 bits per heavy atom. The van der Waals surface area contributed by atoms with Gasteiger partial charge in [-0.25, -0.2) is 4.39 Å². The molecule has 7 heteroatoms. The zero-order chi connectivity index (χ0) is 17.6. The number of nitrogens with zero attached hydrogens (tertiary/aromatic N) is 2. The van der Waals surface area contributed by atoms with Crippen molar-refractivity contribution in [3.8, 4) is 0 Å². The summed E-state index contributed by atoms with van der Waals surface area (Å²) in [4.78, 5) is 0. The van der Waals surface area contributed by atoms with Crippen molar-refractivity contribution >= 4 is 34.6 Å². The number of nitrogens with one attached hydrogen (secondary N) is 2. The molecule has 0 bridgehead atoms. The van der Waals surface area contributed by atoms with Gasteiger partial charge in [-0.1, -0.05) is 35.9 Å². The highest BCUT2D eigenvalue weighted by Gasteiger charge is 2.03. The van der Waals surface area contributed by atoms with Gasteiger partial charge in [-0.2, -0.15) is 5.10 Å². The summed E-state index contributed by atoms with van der Waals surface area (Å²) in [7, 11) is 0. The van der Waals surface area contributed by atoms with Gasteiger partial charge >= 0.3 is 0 Å². The van der Waals surface area contributed by atoms with E-state index in [1.165, 1.54) is 12.1 Å². The van der Waals surface area contributed by atoms with Crippen molar-refractivity contribution in [2.45, 2.75) is 13.1 Å². The minimum Gasteiger partial charge on any atom is -0.358 e. The predicted octanol–water partition coefficient (Wildman–Crippen LogP) is 4.21. The molecule has 0 aliphatic heterocycles. The van der Waals surface area contributed by atoms with Gasteiger partial charge in [0, 0.05) is 17.8 Å². The van der Waals surface area contributed by atoms with Gasteiger partial charge in [0.2, 0.25) is 0 Å². The van der Waals surface area contributed by atoms with Gasteiger partial charge in [0.1, 0.15) is 5.82 Å². The lowest BCUT2D eigenvalue weighted by atomic mass is 10.2. The fourth-order valence-electron chi connectivity index (χ4n) is 2.25. The second kappa shape index (κ2) is 8.09. The first kappa shape index (κ1) is 17.4. The number of aromatic nitrogens is 2. The standard InChI is InChI=1S/C18H16ClFN4S/c19-15-5-1-13(2-6-15)9-21-18(25)23-17-10-22-24(12-17)11-14-3-7-16(20)8-4-14/h1-8,10,12H,9,11H2,(H2,21,23,25). The maximum absolute atomic E-state index is 12.9. The monoisotopic (exact) mass is 374 g/mol. The van der Waals surface area contributed by atoms with E-state index in [1.54, 1.807) is 23.0 Å². The van der Waals surface area contributed by atoms with E-state index in [-0.39, 0.29) is 5.82 Å². The quantitative estimate of drug-likeness (QED) is 0.656. The number of hydrogen-bond donors (Lipinski definition) is 2. The Balaban J connectivity index is 1.51. The van der Waals surface area contributed by atoms with Crippen LogP contribution >= 0.6 is 23.8 Å². The average Bonchev–Trinajstić information content (AvgIpc) is 3.03. The zero-order valence-electron chi connectivity index (χ0n) is 13.2. The van der Waals surface area contributed by atoms with Gasteiger partial charge in [0.15, 0.2) is 5.11 Å². The zero-order valence-corrected chi connectivity index (χ0v) is 14.8. The number of hydrogen-bond acceptors (Lipinski definition) is 2. The van der Waals surface area contributed by atoms with Crippen molar-refractivity contribution in [3.63, 3.8) is 0 Å². The molecule has 0 aliphatic rings. The third-order valence-electron chi connectivity index (χ3n) is 3.52. The van der Waals surface area contributed by atoms with Crippen LogP contribution in [0.15, 0.2) is 60.9 Å². The Morgan fingerprint density at radius 1 is 1.08 bits per heavy atom. The Kier molecular flexibility index (Phi) is 5.63. The number of benzene rings is 2. The van der Waals surface area contributed by atoms with Crippen molar-refractivity contribution < 1.29 is 4.39 Å². The van der Waals surface area contributed by atoms with Crippen molar-refractivity contribution in [1.82, 2.24) is 15.1 Å². The van der Waals surface area contributed by atoms with Crippen LogP contribution in [0.2, 0.25) is 5.02 Å². The second-order valence-electron chi connectivity index (χ2n) is 5.49. The van der Waals surface area contributed by atoms with Crippen LogP contribution in [0, 0.1) is 5.82 Å². The summed E-state index contributed by atoms with van der Waals surface area (Å²) >= 11 is 11.2. The molecule has 0 fully saturated rings. The van der Waals surface area contributed by atoms with E-state index in [9.17, 15) is 4.39 Å². The number of anilines is 1. The minimum absolute atomic E-state index is 0.247. The molecule has 0 atom stereocenters. The molecule has 1 aromatic heterocycles. The summed E-state index contributed by atoms with van der Waals surface area (Å²) in [6, 6.07) is 13.9. The first-order chi connectivity index (χ1) is 12.1. The van der Waals surface area contributed by atoms with Gasteiger partial charge < -0.3 is 10.6 Å². The lowest BCUT2D eigenvalue weighted by molar-refractivity contribution is 0.624. The summed E-state index contributed by atoms with van der Waals surface area (Å²) in [5.74, 6) is -0.247. The van der Waals surface area contributed by atoms with Crippen molar-refractivity contribution in [3.05, 3.63) is 82.9 Å². The van der Waals surface area contributed by atoms with Gasteiger partial charge in [-0.3, -0.25) is 4.68 Å². The minimum atomic E-state index is -0.247. The normalized spacial score (nSPS) is 10.5. The molecule has 0 radical (unpaired) electrons. The number of thiocarbonyl (C=S) groups is 1. The van der Waals surface area contributed by atoms with Crippen LogP contribution in [0.5, 0.6) is 0 Å². The SMILES string of the molecule is Fc1ccc(Cn2cc(NC(=S)NCc3ccc(Cl)cc3)cn2)cc1. The smallest absolute Gasteiger partial charge is 0.171 e. The van der Waals surface area contributed by atoms with Gasteiger partial charge in [0.25, 0.3) is 0 Å². The summed E-state index contributed by atoms with van der Waals surface area (Å²) in [5.41, 5.74) is 2.84. The Bertz CT molecular complexity index is 846. The molecule has 2 aromatic carbocycles. The average molecular weight is 375 g/mol. The van der Waals surface area contributed by atoms with Crippen LogP contribution in [-0.4, -0.2) is 14.9 Å². The first-order valence-corrected chi connectivity index (χ1v) is 8.43. The molecule has 0 amide bonds. The van der Waals surface area contributed by atoms with Crippen molar-refractivity contribution in [2.24, 2.45) is 0 Å². The molecule has 25 heavy (non-hydrogen) atoms. The van der Waals surface area contributed by atoms with Crippen LogP contribution in [0.1, 0.15) is 11.1 Å². The molecular formula is C18H16ClFN4S. The third kappa shape index (κ3) is 5.27. The van der Waals surface area contributed by atoms with Crippen LogP contribution in [-0.2, 0) is 13.1 Å². The van der Waals surface area contributed by atoms with Crippen LogP contribution in [0.25, 0.3) is 0 Å². The molecule has 4 nitrogen and oxygen atoms in total. The summed E-state index contributed by atoms with van der Waals surface area (Å²) in [6.45, 7) is 1.17. The summed E-state index contributed by atoms with van der Waals surface area (Å²) in [5, 5.41) is 11.7. The molecule has 0 unspecified atom stereocenters. The summed E-state index contributed by atoms with van der Waals surface area (Å²) < 4.78 is 14.7. The molecule has 0 spiro atoms. The molecular weight excluding hydrogens is 359 g/mol. The summed E-state index contributed by atoms with van der Waals surface area (Å²) in [6.07, 6.45) is 3.54. The molecule has 1 heterocycles. The number of rotatable bonds is 5. The fourth-order valence-corrected chi connectivity index (χ4v) is 2.57. The molecule has 0 aliphatic carbocycles. The maximum Gasteiger partial charge on any atom is 0.171 e. The molecule has 3 rings (SSSR count). The van der Waals surface area contributed by atoms with E-state index in [0.29, 0.717) is 23.2 Å². The lowest BCUT2D eigenvalue weighted by Crippen LogP contribution is -2.27. The Hall–Kier alpha value is -2.44. The highest BCUT2D eigenvalue weighted by atomic mass is 35.5. The van der Waals surface area contributed by atoms with Gasteiger partial charge in [-0.05, 0) is 47.6 Å². The molecule has 0 saturated heterocycles. The van der Waals surface area contributed by atoms with E-state index in [0.717, 1.165) is 16.8 Å². The van der Waals surface area contributed by atoms with Crippen LogP contribution in [0.3, 0.4) is 0 Å². The van der Waals surface area contributed by atoms with Gasteiger partial charge in [-0.15, -0.1) is 0 Å². The fraction of sp³-hybridized carbons (Fsp3) is 0.111. The van der Waals surface area contributed by atoms with Crippen molar-refractivity contribution in [2.75, 3.05) is 5.32 Å². The lowest BCUT2D eigenvalue weighted by Gasteiger charge is -2.09. The van der Waals surface area contributed by atoms with Crippen LogP contribution < -0.4 is 10.6 Å². The Labute approximate surface area is 155 Å². The molecule has 2 N–H and O–H groups in total. The van der Waals surface area contributed by atoms with Crippen LogP contribution in [0.4, 0.5) is 10.1 Å². The molecule has 128 valence electrons. The molecule has 0 saturated carbocycles. The van der Waals surface area contributed by atoms with E-state index < -0.39 is 0 Å². The van der Waals surface area contributed by atoms with E-state index >= 15 is 0 Å².